The average Bonchev–Trinajstić information content (AvgIpc) is 2.37. The molecule has 0 unspecified atom stereocenters. The highest BCUT2D eigenvalue weighted by atomic mass is 16.1. The fourth-order valence-electron chi connectivity index (χ4n) is 1.66. The van der Waals surface area contributed by atoms with Gasteiger partial charge in [0.1, 0.15) is 5.82 Å². The summed E-state index contributed by atoms with van der Waals surface area (Å²) in [5.74, 6) is 0.0671. The Kier molecular flexibility index (Phi) is 6.59. The van der Waals surface area contributed by atoms with Crippen molar-refractivity contribution in [3.05, 3.63) is 22.2 Å². The third kappa shape index (κ3) is 6.01. The SMILES string of the molecule is NCCCCCCNC(=O)Cc1cnc(=O)[nH]c1N. The fraction of sp³-hybridized carbons (Fsp3) is 0.583. The summed E-state index contributed by atoms with van der Waals surface area (Å²) in [6.07, 6.45) is 5.55. The van der Waals surface area contributed by atoms with E-state index in [-0.39, 0.29) is 18.1 Å². The summed E-state index contributed by atoms with van der Waals surface area (Å²) in [5.41, 5.74) is 11.0. The zero-order valence-electron chi connectivity index (χ0n) is 10.9. The van der Waals surface area contributed by atoms with Gasteiger partial charge in [-0.15, -0.1) is 0 Å². The van der Waals surface area contributed by atoms with Crippen molar-refractivity contribution < 1.29 is 4.79 Å². The molecule has 0 aromatic carbocycles. The number of H-pyrrole nitrogens is 1. The summed E-state index contributed by atoms with van der Waals surface area (Å²) in [6, 6.07) is 0. The summed E-state index contributed by atoms with van der Waals surface area (Å²) in [4.78, 5) is 28.4. The molecule has 7 heteroatoms. The first-order valence-electron chi connectivity index (χ1n) is 6.44. The second kappa shape index (κ2) is 8.25. The van der Waals surface area contributed by atoms with E-state index in [0.717, 1.165) is 25.7 Å². The van der Waals surface area contributed by atoms with Crippen LogP contribution in [-0.4, -0.2) is 29.0 Å². The predicted octanol–water partition coefficient (Wildman–Crippen LogP) is -0.470. The molecule has 106 valence electrons. The number of carbonyl (C=O) groups excluding carboxylic acids is 1. The Morgan fingerprint density at radius 3 is 2.74 bits per heavy atom. The van der Waals surface area contributed by atoms with Crippen LogP contribution in [0.4, 0.5) is 5.82 Å². The van der Waals surface area contributed by atoms with Crippen LogP contribution in [-0.2, 0) is 11.2 Å². The Morgan fingerprint density at radius 1 is 1.32 bits per heavy atom. The molecule has 19 heavy (non-hydrogen) atoms. The molecule has 0 aliphatic heterocycles. The summed E-state index contributed by atoms with van der Waals surface area (Å²) >= 11 is 0. The summed E-state index contributed by atoms with van der Waals surface area (Å²) < 4.78 is 0. The summed E-state index contributed by atoms with van der Waals surface area (Å²) in [6.45, 7) is 1.35. The minimum Gasteiger partial charge on any atom is -0.385 e. The first-order valence-corrected chi connectivity index (χ1v) is 6.44. The van der Waals surface area contributed by atoms with E-state index in [9.17, 15) is 9.59 Å². The van der Waals surface area contributed by atoms with Crippen molar-refractivity contribution in [1.82, 2.24) is 15.3 Å². The number of aromatic nitrogens is 2. The van der Waals surface area contributed by atoms with Crippen LogP contribution in [0.5, 0.6) is 0 Å². The minimum absolute atomic E-state index is 0.123. The minimum atomic E-state index is -0.512. The standard InChI is InChI=1S/C12H21N5O2/c13-5-3-1-2-4-6-15-10(18)7-9-8-16-12(19)17-11(9)14/h8H,1-7,13H2,(H,15,18)(H3,14,16,17,19). The number of nitrogens with one attached hydrogen (secondary N) is 2. The van der Waals surface area contributed by atoms with Gasteiger partial charge in [-0.3, -0.25) is 9.78 Å². The van der Waals surface area contributed by atoms with Gasteiger partial charge in [0.25, 0.3) is 0 Å². The van der Waals surface area contributed by atoms with Crippen LogP contribution >= 0.6 is 0 Å². The van der Waals surface area contributed by atoms with Crippen LogP contribution in [0.25, 0.3) is 0 Å². The number of hydrogen-bond acceptors (Lipinski definition) is 5. The van der Waals surface area contributed by atoms with E-state index in [0.29, 0.717) is 18.7 Å². The molecule has 1 aromatic rings. The first-order chi connectivity index (χ1) is 9.13. The van der Waals surface area contributed by atoms with Gasteiger partial charge in [-0.1, -0.05) is 12.8 Å². The van der Waals surface area contributed by atoms with Gasteiger partial charge >= 0.3 is 5.69 Å². The van der Waals surface area contributed by atoms with E-state index in [2.05, 4.69) is 15.3 Å². The Bertz CT molecular complexity index is 458. The van der Waals surface area contributed by atoms with E-state index in [1.54, 1.807) is 0 Å². The number of anilines is 1. The topological polar surface area (TPSA) is 127 Å². The van der Waals surface area contributed by atoms with Gasteiger partial charge in [-0.05, 0) is 19.4 Å². The smallest absolute Gasteiger partial charge is 0.346 e. The highest BCUT2D eigenvalue weighted by molar-refractivity contribution is 5.79. The van der Waals surface area contributed by atoms with Crippen LogP contribution in [0, 0.1) is 0 Å². The van der Waals surface area contributed by atoms with Gasteiger partial charge in [0, 0.05) is 18.3 Å². The van der Waals surface area contributed by atoms with Gasteiger partial charge in [-0.25, -0.2) is 9.78 Å². The lowest BCUT2D eigenvalue weighted by molar-refractivity contribution is -0.120. The highest BCUT2D eigenvalue weighted by Gasteiger charge is 2.07. The second-order valence-corrected chi connectivity index (χ2v) is 4.36. The molecule has 1 rings (SSSR count). The molecule has 0 spiro atoms. The van der Waals surface area contributed by atoms with Crippen molar-refractivity contribution in [2.45, 2.75) is 32.1 Å². The number of aromatic amines is 1. The molecular weight excluding hydrogens is 246 g/mol. The lowest BCUT2D eigenvalue weighted by atomic mass is 10.2. The van der Waals surface area contributed by atoms with Crippen molar-refractivity contribution in [3.63, 3.8) is 0 Å². The van der Waals surface area contributed by atoms with Crippen LogP contribution < -0.4 is 22.5 Å². The first kappa shape index (κ1) is 15.2. The third-order valence-electron chi connectivity index (χ3n) is 2.73. The van der Waals surface area contributed by atoms with Gasteiger partial charge in [0.05, 0.1) is 6.42 Å². The Hall–Kier alpha value is -1.89. The molecule has 0 aliphatic rings. The van der Waals surface area contributed by atoms with E-state index in [4.69, 9.17) is 11.5 Å². The van der Waals surface area contributed by atoms with Crippen LogP contribution in [0.3, 0.4) is 0 Å². The lowest BCUT2D eigenvalue weighted by Crippen LogP contribution is -2.27. The fourth-order valence-corrected chi connectivity index (χ4v) is 1.66. The molecule has 0 atom stereocenters. The number of carbonyl (C=O) groups is 1. The second-order valence-electron chi connectivity index (χ2n) is 4.36. The molecule has 0 saturated carbocycles. The molecule has 1 heterocycles. The quantitative estimate of drug-likeness (QED) is 0.473. The maximum atomic E-state index is 11.6. The summed E-state index contributed by atoms with van der Waals surface area (Å²) in [7, 11) is 0. The normalized spacial score (nSPS) is 10.4. The Morgan fingerprint density at radius 2 is 2.05 bits per heavy atom. The number of rotatable bonds is 8. The van der Waals surface area contributed by atoms with Crippen molar-refractivity contribution in [2.75, 3.05) is 18.8 Å². The van der Waals surface area contributed by atoms with Crippen molar-refractivity contribution >= 4 is 11.7 Å². The number of nitrogens with two attached hydrogens (primary N) is 2. The molecule has 6 N–H and O–H groups in total. The van der Waals surface area contributed by atoms with Gasteiger partial charge in [0.2, 0.25) is 5.91 Å². The van der Waals surface area contributed by atoms with E-state index in [1.165, 1.54) is 6.20 Å². The Labute approximate surface area is 111 Å². The van der Waals surface area contributed by atoms with Gasteiger partial charge in [0.15, 0.2) is 0 Å². The zero-order valence-corrected chi connectivity index (χ0v) is 10.9. The molecule has 0 aliphatic carbocycles. The maximum Gasteiger partial charge on any atom is 0.346 e. The van der Waals surface area contributed by atoms with E-state index < -0.39 is 5.69 Å². The van der Waals surface area contributed by atoms with Crippen molar-refractivity contribution in [1.29, 1.82) is 0 Å². The predicted molar refractivity (Wildman–Crippen MR) is 73.5 cm³/mol. The van der Waals surface area contributed by atoms with Crippen molar-refractivity contribution in [2.24, 2.45) is 5.73 Å². The Balaban J connectivity index is 2.25. The van der Waals surface area contributed by atoms with Crippen LogP contribution in [0.2, 0.25) is 0 Å². The summed E-state index contributed by atoms with van der Waals surface area (Å²) in [5, 5.41) is 2.80. The number of nitrogens with zero attached hydrogens (tertiary/aromatic N) is 1. The number of unbranched alkanes of at least 4 members (excludes halogenated alkanes) is 3. The molecule has 0 fully saturated rings. The largest absolute Gasteiger partial charge is 0.385 e. The molecule has 0 saturated heterocycles. The number of nitrogen functional groups attached to an aromatic ring is 1. The highest BCUT2D eigenvalue weighted by Crippen LogP contribution is 2.04. The van der Waals surface area contributed by atoms with E-state index >= 15 is 0 Å². The lowest BCUT2D eigenvalue weighted by Gasteiger charge is -2.06. The monoisotopic (exact) mass is 267 g/mol. The molecule has 1 aromatic heterocycles. The molecule has 7 nitrogen and oxygen atoms in total. The third-order valence-corrected chi connectivity index (χ3v) is 2.73. The molecule has 0 radical (unpaired) electrons. The average molecular weight is 267 g/mol. The number of hydrogen-bond donors (Lipinski definition) is 4. The number of amides is 1. The molecule has 0 bridgehead atoms. The molecule has 1 amide bonds. The zero-order chi connectivity index (χ0) is 14.1. The van der Waals surface area contributed by atoms with E-state index in [1.807, 2.05) is 0 Å². The van der Waals surface area contributed by atoms with Gasteiger partial charge in [-0.2, -0.15) is 0 Å². The van der Waals surface area contributed by atoms with Crippen molar-refractivity contribution in [3.8, 4) is 0 Å². The van der Waals surface area contributed by atoms with Crippen LogP contribution in [0.1, 0.15) is 31.2 Å². The van der Waals surface area contributed by atoms with Crippen LogP contribution in [0.15, 0.2) is 11.0 Å². The molecular formula is C12H21N5O2. The maximum absolute atomic E-state index is 11.6. The van der Waals surface area contributed by atoms with Gasteiger partial charge < -0.3 is 16.8 Å².